The molecule has 1 atom stereocenters. The molecule has 1 N–H and O–H groups in total. The van der Waals surface area contributed by atoms with Crippen LogP contribution in [0.5, 0.6) is 0 Å². The van der Waals surface area contributed by atoms with Crippen molar-refractivity contribution in [3.8, 4) is 11.3 Å². The smallest absolute Gasteiger partial charge is 0.149 e. The molecule has 2 aromatic heterocycles. The number of ketones is 1. The number of rotatable bonds is 10. The van der Waals surface area contributed by atoms with Crippen molar-refractivity contribution in [2.75, 3.05) is 18.9 Å². The number of nitrogens with one attached hydrogen (secondary N) is 1. The van der Waals surface area contributed by atoms with Crippen LogP contribution in [-0.2, 0) is 17.8 Å². The van der Waals surface area contributed by atoms with Crippen LogP contribution in [0.1, 0.15) is 70.1 Å². The SMILES string of the molecule is C.CN1CCC[C@H]1C(=O)CCC1CCC(Cc2cc(-c3cccc(NCc4cccc(F)c4)n3)c(Cl)cn2)CC1. The van der Waals surface area contributed by atoms with E-state index in [9.17, 15) is 9.18 Å². The van der Waals surface area contributed by atoms with Crippen molar-refractivity contribution in [2.24, 2.45) is 11.8 Å². The minimum atomic E-state index is -0.247. The van der Waals surface area contributed by atoms with Gasteiger partial charge in [0, 0.05) is 30.4 Å². The highest BCUT2D eigenvalue weighted by molar-refractivity contribution is 6.33. The van der Waals surface area contributed by atoms with E-state index in [2.05, 4.69) is 28.3 Å². The summed E-state index contributed by atoms with van der Waals surface area (Å²) in [4.78, 5) is 24.2. The topological polar surface area (TPSA) is 58.1 Å². The third-order valence-electron chi connectivity index (χ3n) is 8.45. The minimum absolute atomic E-state index is 0. The standard InChI is InChI=1S/C32H38ClFN4O.CH4/c1-38-16-4-8-30(38)31(39)15-14-22-10-12-23(13-11-22)18-26-19-27(28(33)21-35-26)29-7-3-9-32(37-29)36-20-24-5-2-6-25(34)17-24;/h2-3,5-7,9,17,19,21-23,30H,4,8,10-16,18,20H2,1H3,(H,36,37);1H4/t22?,23?,30-;/m0./s1. The second kappa shape index (κ2) is 14.2. The average molecular weight is 565 g/mol. The van der Waals surface area contributed by atoms with Gasteiger partial charge in [-0.15, -0.1) is 0 Å². The van der Waals surface area contributed by atoms with Gasteiger partial charge in [0.2, 0.25) is 0 Å². The largest absolute Gasteiger partial charge is 0.366 e. The molecule has 0 bridgehead atoms. The van der Waals surface area contributed by atoms with Gasteiger partial charge in [-0.05, 0) is 99.8 Å². The maximum absolute atomic E-state index is 13.5. The van der Waals surface area contributed by atoms with Gasteiger partial charge in [0.25, 0.3) is 0 Å². The summed E-state index contributed by atoms with van der Waals surface area (Å²) >= 11 is 6.56. The lowest BCUT2D eigenvalue weighted by molar-refractivity contribution is -0.123. The van der Waals surface area contributed by atoms with Crippen molar-refractivity contribution in [3.05, 3.63) is 76.8 Å². The second-order valence-electron chi connectivity index (χ2n) is 11.3. The van der Waals surface area contributed by atoms with Gasteiger partial charge in [0.05, 0.1) is 16.8 Å². The van der Waals surface area contributed by atoms with Gasteiger partial charge in [0.15, 0.2) is 0 Å². The molecule has 1 aliphatic carbocycles. The lowest BCUT2D eigenvalue weighted by Gasteiger charge is -2.29. The van der Waals surface area contributed by atoms with E-state index < -0.39 is 0 Å². The van der Waals surface area contributed by atoms with Crippen LogP contribution in [-0.4, -0.2) is 40.3 Å². The van der Waals surface area contributed by atoms with E-state index in [1.807, 2.05) is 24.3 Å². The number of nitrogens with zero attached hydrogens (tertiary/aromatic N) is 3. The van der Waals surface area contributed by atoms with Gasteiger partial charge >= 0.3 is 0 Å². The van der Waals surface area contributed by atoms with E-state index in [1.54, 1.807) is 12.3 Å². The van der Waals surface area contributed by atoms with E-state index in [0.29, 0.717) is 35.0 Å². The number of anilines is 1. The lowest BCUT2D eigenvalue weighted by atomic mass is 9.78. The van der Waals surface area contributed by atoms with Crippen molar-refractivity contribution in [1.82, 2.24) is 14.9 Å². The van der Waals surface area contributed by atoms with Gasteiger partial charge in [-0.3, -0.25) is 14.7 Å². The fourth-order valence-electron chi connectivity index (χ4n) is 6.16. The van der Waals surface area contributed by atoms with Crippen molar-refractivity contribution >= 4 is 23.2 Å². The molecule has 0 amide bonds. The molecule has 2 aliphatic rings. The Morgan fingerprint density at radius 2 is 1.85 bits per heavy atom. The molecule has 7 heteroatoms. The molecular formula is C33H42ClFN4O. The molecule has 0 unspecified atom stereocenters. The lowest BCUT2D eigenvalue weighted by Crippen LogP contribution is -2.33. The highest BCUT2D eigenvalue weighted by Gasteiger charge is 2.29. The third-order valence-corrected chi connectivity index (χ3v) is 8.76. The summed E-state index contributed by atoms with van der Waals surface area (Å²) in [6.45, 7) is 1.54. The van der Waals surface area contributed by atoms with Crippen LogP contribution in [0.25, 0.3) is 11.3 Å². The Morgan fingerprint density at radius 1 is 1.07 bits per heavy atom. The molecular weight excluding hydrogens is 523 g/mol. The molecule has 1 saturated heterocycles. The normalized spacial score (nSPS) is 21.1. The first kappa shape index (κ1) is 30.1. The van der Waals surface area contributed by atoms with Crippen LogP contribution in [0.3, 0.4) is 0 Å². The number of aromatic nitrogens is 2. The zero-order chi connectivity index (χ0) is 27.2. The molecule has 5 nitrogen and oxygen atoms in total. The van der Waals surface area contributed by atoms with Gasteiger partial charge in [-0.1, -0.05) is 50.1 Å². The van der Waals surface area contributed by atoms with E-state index in [1.165, 1.54) is 37.8 Å². The third kappa shape index (κ3) is 7.88. The molecule has 1 aromatic carbocycles. The maximum Gasteiger partial charge on any atom is 0.149 e. The number of benzene rings is 1. The number of likely N-dealkylation sites (tertiary alicyclic amines) is 1. The fourth-order valence-corrected chi connectivity index (χ4v) is 6.36. The van der Waals surface area contributed by atoms with Crippen LogP contribution < -0.4 is 5.32 Å². The monoisotopic (exact) mass is 564 g/mol. The summed E-state index contributed by atoms with van der Waals surface area (Å²) in [6.07, 6.45) is 11.4. The first-order chi connectivity index (χ1) is 18.9. The second-order valence-corrected chi connectivity index (χ2v) is 11.7. The molecule has 0 spiro atoms. The van der Waals surface area contributed by atoms with Gasteiger partial charge in [-0.25, -0.2) is 9.37 Å². The van der Waals surface area contributed by atoms with Crippen molar-refractivity contribution < 1.29 is 9.18 Å². The number of pyridine rings is 2. The number of likely N-dealkylation sites (N-methyl/N-ethyl adjacent to an activating group) is 1. The van der Waals surface area contributed by atoms with Crippen molar-refractivity contribution in [1.29, 1.82) is 0 Å². The van der Waals surface area contributed by atoms with Crippen LogP contribution >= 0.6 is 11.6 Å². The Labute approximate surface area is 243 Å². The zero-order valence-corrected chi connectivity index (χ0v) is 23.5. The minimum Gasteiger partial charge on any atom is -0.366 e. The van der Waals surface area contributed by atoms with Crippen molar-refractivity contribution in [2.45, 2.75) is 77.8 Å². The predicted molar refractivity (Wildman–Crippen MR) is 162 cm³/mol. The van der Waals surface area contributed by atoms with E-state index in [0.717, 1.165) is 61.2 Å². The Hall–Kier alpha value is -2.83. The zero-order valence-electron chi connectivity index (χ0n) is 22.7. The maximum atomic E-state index is 13.5. The highest BCUT2D eigenvalue weighted by Crippen LogP contribution is 2.35. The number of halogens is 2. The number of Topliss-reactive ketones (excluding diaryl/α,β-unsaturated/α-hetero) is 1. The Kier molecular flexibility index (Phi) is 10.7. The predicted octanol–water partition coefficient (Wildman–Crippen LogP) is 7.98. The molecule has 1 aliphatic heterocycles. The summed E-state index contributed by atoms with van der Waals surface area (Å²) < 4.78 is 13.5. The first-order valence-corrected chi connectivity index (χ1v) is 14.7. The summed E-state index contributed by atoms with van der Waals surface area (Å²) in [5.41, 5.74) is 3.56. The van der Waals surface area contributed by atoms with Crippen LogP contribution in [0, 0.1) is 17.7 Å². The van der Waals surface area contributed by atoms with E-state index in [4.69, 9.17) is 16.6 Å². The quantitative estimate of drug-likeness (QED) is 0.270. The van der Waals surface area contributed by atoms with Gasteiger partial charge < -0.3 is 5.32 Å². The average Bonchev–Trinajstić information content (AvgIpc) is 3.38. The summed E-state index contributed by atoms with van der Waals surface area (Å²) in [5.74, 6) is 2.17. The summed E-state index contributed by atoms with van der Waals surface area (Å²) in [7, 11) is 2.08. The fraction of sp³-hybridized carbons (Fsp3) is 0.485. The summed E-state index contributed by atoms with van der Waals surface area (Å²) in [6, 6.07) is 14.6. The van der Waals surface area contributed by atoms with Crippen LogP contribution in [0.15, 0.2) is 54.7 Å². The number of hydrogen-bond acceptors (Lipinski definition) is 5. The molecule has 40 heavy (non-hydrogen) atoms. The molecule has 1 saturated carbocycles. The van der Waals surface area contributed by atoms with Crippen molar-refractivity contribution in [3.63, 3.8) is 0 Å². The molecule has 214 valence electrons. The molecule has 2 fully saturated rings. The van der Waals surface area contributed by atoms with Crippen LogP contribution in [0.2, 0.25) is 5.02 Å². The number of carbonyl (C=O) groups is 1. The van der Waals surface area contributed by atoms with E-state index in [-0.39, 0.29) is 19.3 Å². The molecule has 5 rings (SSSR count). The van der Waals surface area contributed by atoms with E-state index >= 15 is 0 Å². The Morgan fingerprint density at radius 3 is 2.60 bits per heavy atom. The molecule has 0 radical (unpaired) electrons. The Bertz CT molecular complexity index is 1280. The Balaban J connectivity index is 0.00000370. The first-order valence-electron chi connectivity index (χ1n) is 14.3. The summed E-state index contributed by atoms with van der Waals surface area (Å²) in [5, 5.41) is 3.86. The van der Waals surface area contributed by atoms with Gasteiger partial charge in [-0.2, -0.15) is 0 Å². The number of hydrogen-bond donors (Lipinski definition) is 1. The molecule has 3 heterocycles. The van der Waals surface area contributed by atoms with Crippen LogP contribution in [0.4, 0.5) is 10.2 Å². The van der Waals surface area contributed by atoms with Gasteiger partial charge in [0.1, 0.15) is 17.4 Å². The number of carbonyl (C=O) groups excluding carboxylic acids is 1. The highest BCUT2D eigenvalue weighted by atomic mass is 35.5. The molecule has 3 aromatic rings.